The summed E-state index contributed by atoms with van der Waals surface area (Å²) < 4.78 is 5.07. The Morgan fingerprint density at radius 3 is 2.32 bits per heavy atom. The number of benzene rings is 2. The van der Waals surface area contributed by atoms with Crippen molar-refractivity contribution >= 4 is 23.5 Å². The number of cyclic esters (lactones) is 1. The highest BCUT2D eigenvalue weighted by Crippen LogP contribution is 2.42. The van der Waals surface area contributed by atoms with Gasteiger partial charge in [-0.2, -0.15) is 0 Å². The molecule has 0 aromatic heterocycles. The number of carbonyl (C=O) groups excluding carboxylic acids is 2. The van der Waals surface area contributed by atoms with Crippen LogP contribution in [0.2, 0.25) is 5.02 Å². The summed E-state index contributed by atoms with van der Waals surface area (Å²) in [6, 6.07) is 16.9. The predicted molar refractivity (Wildman–Crippen MR) is 94.5 cm³/mol. The van der Waals surface area contributed by atoms with Crippen molar-refractivity contribution in [2.24, 2.45) is 0 Å². The molecule has 25 heavy (non-hydrogen) atoms. The summed E-state index contributed by atoms with van der Waals surface area (Å²) in [5, 5.41) is 0.667. The minimum Gasteiger partial charge on any atom is -0.464 e. The van der Waals surface area contributed by atoms with Gasteiger partial charge in [0.05, 0.1) is 12.5 Å². The Hall–Kier alpha value is -2.33. The maximum absolute atomic E-state index is 13.2. The van der Waals surface area contributed by atoms with Gasteiger partial charge in [0.25, 0.3) is 0 Å². The van der Waals surface area contributed by atoms with E-state index in [0.717, 1.165) is 11.1 Å². The van der Waals surface area contributed by atoms with Gasteiger partial charge in [0, 0.05) is 23.9 Å². The number of nitrogens with zero attached hydrogens (tertiary/aromatic N) is 1. The van der Waals surface area contributed by atoms with Crippen LogP contribution in [0.3, 0.4) is 0 Å². The maximum atomic E-state index is 13.2. The highest BCUT2D eigenvalue weighted by atomic mass is 35.5. The van der Waals surface area contributed by atoms with Gasteiger partial charge in [-0.15, -0.1) is 0 Å². The van der Waals surface area contributed by atoms with Crippen molar-refractivity contribution in [3.05, 3.63) is 70.7 Å². The fourth-order valence-corrected chi connectivity index (χ4v) is 3.98. The zero-order chi connectivity index (χ0) is 17.4. The average Bonchev–Trinajstić information content (AvgIpc) is 3.19. The summed E-state index contributed by atoms with van der Waals surface area (Å²) >= 11 is 6.01. The molecule has 3 atom stereocenters. The van der Waals surface area contributed by atoms with Crippen molar-refractivity contribution in [1.82, 2.24) is 4.90 Å². The van der Waals surface area contributed by atoms with Crippen molar-refractivity contribution in [2.75, 3.05) is 13.2 Å². The highest BCUT2D eigenvalue weighted by Gasteiger charge is 2.47. The second-order valence-corrected chi connectivity index (χ2v) is 6.95. The number of likely N-dealkylation sites (tertiary alicyclic amines) is 1. The van der Waals surface area contributed by atoms with E-state index in [1.807, 2.05) is 54.6 Å². The van der Waals surface area contributed by atoms with Crippen LogP contribution in [0.15, 0.2) is 54.6 Å². The smallest absolute Gasteiger partial charge is 0.328 e. The molecule has 0 bridgehead atoms. The van der Waals surface area contributed by atoms with Crippen LogP contribution < -0.4 is 0 Å². The first-order chi connectivity index (χ1) is 12.1. The monoisotopic (exact) mass is 355 g/mol. The van der Waals surface area contributed by atoms with E-state index in [9.17, 15) is 9.59 Å². The fourth-order valence-electron chi connectivity index (χ4n) is 3.85. The van der Waals surface area contributed by atoms with E-state index in [-0.39, 0.29) is 23.7 Å². The van der Waals surface area contributed by atoms with Crippen molar-refractivity contribution in [1.29, 1.82) is 0 Å². The third kappa shape index (κ3) is 2.91. The highest BCUT2D eigenvalue weighted by molar-refractivity contribution is 6.30. The molecular weight excluding hydrogens is 338 g/mol. The molecule has 2 aromatic carbocycles. The molecule has 2 saturated heterocycles. The van der Waals surface area contributed by atoms with Crippen LogP contribution in [0.5, 0.6) is 0 Å². The summed E-state index contributed by atoms with van der Waals surface area (Å²) in [4.78, 5) is 26.9. The fraction of sp³-hybridized carbons (Fsp3) is 0.300. The summed E-state index contributed by atoms with van der Waals surface area (Å²) in [5.41, 5.74) is 2.03. The van der Waals surface area contributed by atoms with Gasteiger partial charge in [0.2, 0.25) is 5.91 Å². The minimum absolute atomic E-state index is 0.00463. The number of hydrogen-bond acceptors (Lipinski definition) is 3. The van der Waals surface area contributed by atoms with Gasteiger partial charge in [-0.25, -0.2) is 4.79 Å². The standard InChI is InChI=1S/C20H18ClNO3/c21-15-8-6-13(7-9-15)16-12-22(17-10-11-25-20(17)24)19(23)18(16)14-4-2-1-3-5-14/h1-9,16-18H,10-12H2. The van der Waals surface area contributed by atoms with Gasteiger partial charge < -0.3 is 9.64 Å². The van der Waals surface area contributed by atoms with Crippen molar-refractivity contribution in [3.63, 3.8) is 0 Å². The molecule has 0 N–H and O–H groups in total. The van der Waals surface area contributed by atoms with Crippen LogP contribution in [0.25, 0.3) is 0 Å². The molecule has 3 unspecified atom stereocenters. The van der Waals surface area contributed by atoms with Crippen molar-refractivity contribution in [3.8, 4) is 0 Å². The van der Waals surface area contributed by atoms with E-state index < -0.39 is 6.04 Å². The summed E-state index contributed by atoms with van der Waals surface area (Å²) in [6.45, 7) is 0.898. The zero-order valence-electron chi connectivity index (χ0n) is 13.6. The normalized spacial score (nSPS) is 26.1. The van der Waals surface area contributed by atoms with Crippen molar-refractivity contribution < 1.29 is 14.3 Å². The Kier molecular flexibility index (Phi) is 4.22. The van der Waals surface area contributed by atoms with E-state index >= 15 is 0 Å². The quantitative estimate of drug-likeness (QED) is 0.793. The lowest BCUT2D eigenvalue weighted by atomic mass is 9.84. The van der Waals surface area contributed by atoms with Gasteiger partial charge in [-0.05, 0) is 23.3 Å². The number of amides is 1. The van der Waals surface area contributed by atoms with Gasteiger partial charge in [0.1, 0.15) is 6.04 Å². The van der Waals surface area contributed by atoms with E-state index in [4.69, 9.17) is 16.3 Å². The summed E-state index contributed by atoms with van der Waals surface area (Å²) in [5.74, 6) is -0.608. The molecule has 0 saturated carbocycles. The van der Waals surface area contributed by atoms with E-state index in [0.29, 0.717) is 24.6 Å². The average molecular weight is 356 g/mol. The number of carbonyl (C=O) groups is 2. The predicted octanol–water partition coefficient (Wildman–Crippen LogP) is 3.37. The molecule has 2 aliphatic heterocycles. The second-order valence-electron chi connectivity index (χ2n) is 6.51. The van der Waals surface area contributed by atoms with Crippen LogP contribution in [0.4, 0.5) is 0 Å². The maximum Gasteiger partial charge on any atom is 0.328 e. The van der Waals surface area contributed by atoms with Gasteiger partial charge in [-0.3, -0.25) is 4.79 Å². The number of rotatable bonds is 3. The molecule has 2 heterocycles. The number of esters is 1. The number of ether oxygens (including phenoxy) is 1. The molecule has 4 nitrogen and oxygen atoms in total. The van der Waals surface area contributed by atoms with Crippen LogP contribution in [0, 0.1) is 0 Å². The van der Waals surface area contributed by atoms with Crippen molar-refractivity contribution in [2.45, 2.75) is 24.3 Å². The summed E-state index contributed by atoms with van der Waals surface area (Å²) in [6.07, 6.45) is 0.569. The Morgan fingerprint density at radius 2 is 1.68 bits per heavy atom. The lowest BCUT2D eigenvalue weighted by Gasteiger charge is -2.21. The molecule has 5 heteroatoms. The lowest BCUT2D eigenvalue weighted by Crippen LogP contribution is -2.40. The van der Waals surface area contributed by atoms with Crippen LogP contribution in [-0.2, 0) is 14.3 Å². The third-order valence-electron chi connectivity index (χ3n) is 5.09. The molecule has 128 valence electrons. The molecule has 0 aliphatic carbocycles. The Bertz CT molecular complexity index is 790. The topological polar surface area (TPSA) is 46.6 Å². The molecule has 2 aliphatic rings. The Morgan fingerprint density at radius 1 is 0.960 bits per heavy atom. The molecule has 2 aromatic rings. The zero-order valence-corrected chi connectivity index (χ0v) is 14.4. The minimum atomic E-state index is -0.462. The molecule has 0 spiro atoms. The molecule has 0 radical (unpaired) electrons. The Labute approximate surface area is 151 Å². The molecule has 1 amide bonds. The first-order valence-corrected chi connectivity index (χ1v) is 8.80. The third-order valence-corrected chi connectivity index (χ3v) is 5.34. The van der Waals surface area contributed by atoms with Gasteiger partial charge >= 0.3 is 5.97 Å². The number of halogens is 1. The van der Waals surface area contributed by atoms with Crippen LogP contribution >= 0.6 is 11.6 Å². The Balaban J connectivity index is 1.73. The molecule has 2 fully saturated rings. The van der Waals surface area contributed by atoms with E-state index in [1.54, 1.807) is 4.90 Å². The molecular formula is C20H18ClNO3. The first kappa shape index (κ1) is 16.2. The van der Waals surface area contributed by atoms with Crippen LogP contribution in [0.1, 0.15) is 29.4 Å². The lowest BCUT2D eigenvalue weighted by molar-refractivity contribution is -0.146. The van der Waals surface area contributed by atoms with Crippen LogP contribution in [-0.4, -0.2) is 36.0 Å². The summed E-state index contributed by atoms with van der Waals surface area (Å²) in [7, 11) is 0. The number of hydrogen-bond donors (Lipinski definition) is 0. The molecule has 4 rings (SSSR count). The largest absolute Gasteiger partial charge is 0.464 e. The second kappa shape index (κ2) is 6.52. The van der Waals surface area contributed by atoms with E-state index in [2.05, 4.69) is 0 Å². The van der Waals surface area contributed by atoms with Gasteiger partial charge in [0.15, 0.2) is 0 Å². The SMILES string of the molecule is O=C1OCCC1N1CC(c2ccc(Cl)cc2)C(c2ccccc2)C1=O. The van der Waals surface area contributed by atoms with Gasteiger partial charge in [-0.1, -0.05) is 54.1 Å². The first-order valence-electron chi connectivity index (χ1n) is 8.42. The van der Waals surface area contributed by atoms with E-state index in [1.165, 1.54) is 0 Å².